The Morgan fingerprint density at radius 2 is 1.83 bits per heavy atom. The average molecular weight is 249 g/mol. The van der Waals surface area contributed by atoms with E-state index in [9.17, 15) is 9.59 Å². The van der Waals surface area contributed by atoms with Crippen LogP contribution in [0.25, 0.3) is 0 Å². The molecule has 0 heterocycles. The highest BCUT2D eigenvalue weighted by atomic mass is 16.2. The molecule has 18 heavy (non-hydrogen) atoms. The highest BCUT2D eigenvalue weighted by molar-refractivity contribution is 5.86. The van der Waals surface area contributed by atoms with Crippen LogP contribution < -0.4 is 16.0 Å². The molecule has 3 N–H and O–H groups in total. The lowest BCUT2D eigenvalue weighted by Crippen LogP contribution is -2.48. The van der Waals surface area contributed by atoms with Gasteiger partial charge in [0.15, 0.2) is 0 Å². The third kappa shape index (κ3) is 4.86. The number of amides is 3. The van der Waals surface area contributed by atoms with Crippen LogP contribution in [0.15, 0.2) is 30.3 Å². The van der Waals surface area contributed by atoms with Crippen LogP contribution in [-0.4, -0.2) is 24.5 Å². The van der Waals surface area contributed by atoms with Crippen molar-refractivity contribution in [2.75, 3.05) is 6.54 Å². The van der Waals surface area contributed by atoms with Crippen molar-refractivity contribution in [3.05, 3.63) is 35.9 Å². The van der Waals surface area contributed by atoms with E-state index in [4.69, 9.17) is 0 Å². The largest absolute Gasteiger partial charge is 0.355 e. The van der Waals surface area contributed by atoms with Crippen LogP contribution in [0.3, 0.4) is 0 Å². The Kier molecular flexibility index (Phi) is 5.70. The van der Waals surface area contributed by atoms with Crippen LogP contribution in [0.2, 0.25) is 0 Å². The van der Waals surface area contributed by atoms with Gasteiger partial charge in [-0.25, -0.2) is 4.79 Å². The molecule has 0 aromatic heterocycles. The summed E-state index contributed by atoms with van der Waals surface area (Å²) in [6, 6.07) is 8.69. The molecule has 3 amide bonds. The summed E-state index contributed by atoms with van der Waals surface area (Å²) < 4.78 is 0. The fourth-order valence-electron chi connectivity index (χ4n) is 1.42. The summed E-state index contributed by atoms with van der Waals surface area (Å²) in [5.74, 6) is -0.188. The zero-order valence-corrected chi connectivity index (χ0v) is 10.7. The number of hydrogen-bond donors (Lipinski definition) is 3. The molecule has 1 rings (SSSR count). The van der Waals surface area contributed by atoms with Gasteiger partial charge in [0.2, 0.25) is 5.91 Å². The predicted molar refractivity (Wildman–Crippen MR) is 70.0 cm³/mol. The van der Waals surface area contributed by atoms with E-state index in [1.54, 1.807) is 6.92 Å². The summed E-state index contributed by atoms with van der Waals surface area (Å²) in [7, 11) is 0. The summed E-state index contributed by atoms with van der Waals surface area (Å²) in [6.07, 6.45) is 0. The van der Waals surface area contributed by atoms with E-state index < -0.39 is 6.04 Å². The van der Waals surface area contributed by atoms with E-state index in [1.807, 2.05) is 37.3 Å². The summed E-state index contributed by atoms with van der Waals surface area (Å²) in [5, 5.41) is 7.91. The van der Waals surface area contributed by atoms with Gasteiger partial charge in [-0.05, 0) is 19.4 Å². The first-order chi connectivity index (χ1) is 8.63. The van der Waals surface area contributed by atoms with Gasteiger partial charge in [-0.1, -0.05) is 30.3 Å². The van der Waals surface area contributed by atoms with Crippen LogP contribution >= 0.6 is 0 Å². The minimum Gasteiger partial charge on any atom is -0.355 e. The van der Waals surface area contributed by atoms with E-state index in [2.05, 4.69) is 16.0 Å². The van der Waals surface area contributed by atoms with Crippen LogP contribution in [0.4, 0.5) is 4.79 Å². The van der Waals surface area contributed by atoms with Crippen LogP contribution in [-0.2, 0) is 11.3 Å². The van der Waals surface area contributed by atoms with Gasteiger partial charge in [-0.15, -0.1) is 0 Å². The molecule has 0 saturated carbocycles. The van der Waals surface area contributed by atoms with E-state index in [0.29, 0.717) is 13.1 Å². The molecular weight excluding hydrogens is 230 g/mol. The Morgan fingerprint density at radius 1 is 1.17 bits per heavy atom. The highest BCUT2D eigenvalue weighted by Gasteiger charge is 2.13. The molecular formula is C13H19N3O2. The van der Waals surface area contributed by atoms with Crippen molar-refractivity contribution in [1.82, 2.24) is 16.0 Å². The molecule has 0 aliphatic rings. The maximum Gasteiger partial charge on any atom is 0.315 e. The number of benzene rings is 1. The van der Waals surface area contributed by atoms with Crippen molar-refractivity contribution >= 4 is 11.9 Å². The minimum atomic E-state index is -0.541. The van der Waals surface area contributed by atoms with Gasteiger partial charge in [0.1, 0.15) is 6.04 Å². The number of nitrogens with one attached hydrogen (secondary N) is 3. The smallest absolute Gasteiger partial charge is 0.315 e. The molecule has 0 aliphatic carbocycles. The Labute approximate surface area is 107 Å². The molecule has 1 atom stereocenters. The first-order valence-corrected chi connectivity index (χ1v) is 5.99. The van der Waals surface area contributed by atoms with Crippen molar-refractivity contribution in [3.63, 3.8) is 0 Å². The lowest BCUT2D eigenvalue weighted by Gasteiger charge is -2.14. The second kappa shape index (κ2) is 7.32. The zero-order chi connectivity index (χ0) is 13.4. The molecule has 5 nitrogen and oxygen atoms in total. The Balaban J connectivity index is 2.31. The van der Waals surface area contributed by atoms with Gasteiger partial charge < -0.3 is 16.0 Å². The molecule has 5 heteroatoms. The fraction of sp³-hybridized carbons (Fsp3) is 0.385. The second-order valence-electron chi connectivity index (χ2n) is 3.93. The number of likely N-dealkylation sites (N-methyl/N-ethyl adjacent to an activating group) is 1. The van der Waals surface area contributed by atoms with E-state index in [1.165, 1.54) is 0 Å². The molecule has 98 valence electrons. The third-order valence-corrected chi connectivity index (χ3v) is 2.39. The van der Waals surface area contributed by atoms with Crippen LogP contribution in [0, 0.1) is 0 Å². The summed E-state index contributed by atoms with van der Waals surface area (Å²) in [6.45, 7) is 4.47. The molecule has 1 unspecified atom stereocenters. The van der Waals surface area contributed by atoms with Crippen LogP contribution in [0.1, 0.15) is 19.4 Å². The molecule has 0 aliphatic heterocycles. The first-order valence-electron chi connectivity index (χ1n) is 5.99. The van der Waals surface area contributed by atoms with Gasteiger partial charge >= 0.3 is 6.03 Å². The van der Waals surface area contributed by atoms with Gasteiger partial charge in [0.05, 0.1) is 0 Å². The van der Waals surface area contributed by atoms with Crippen molar-refractivity contribution in [3.8, 4) is 0 Å². The number of carbonyl (C=O) groups is 2. The first kappa shape index (κ1) is 14.0. The lowest BCUT2D eigenvalue weighted by molar-refractivity contribution is -0.122. The summed E-state index contributed by atoms with van der Waals surface area (Å²) in [4.78, 5) is 22.9. The lowest BCUT2D eigenvalue weighted by atomic mass is 10.2. The maximum atomic E-state index is 11.5. The van der Waals surface area contributed by atoms with E-state index in [-0.39, 0.29) is 11.9 Å². The monoisotopic (exact) mass is 249 g/mol. The summed E-state index contributed by atoms with van der Waals surface area (Å²) in [5.41, 5.74) is 1.01. The Hall–Kier alpha value is -2.04. The van der Waals surface area contributed by atoms with Crippen molar-refractivity contribution in [2.24, 2.45) is 0 Å². The van der Waals surface area contributed by atoms with Gasteiger partial charge in [-0.2, -0.15) is 0 Å². The fourth-order valence-corrected chi connectivity index (χ4v) is 1.42. The Bertz CT molecular complexity index is 392. The number of hydrogen-bond acceptors (Lipinski definition) is 2. The van der Waals surface area contributed by atoms with Crippen molar-refractivity contribution in [2.45, 2.75) is 26.4 Å². The standard InChI is InChI=1S/C13H19N3O2/c1-3-14-12(17)10(2)16-13(18)15-9-11-7-5-4-6-8-11/h4-8,10H,3,9H2,1-2H3,(H,14,17)(H2,15,16,18). The van der Waals surface area contributed by atoms with Crippen LogP contribution in [0.5, 0.6) is 0 Å². The second-order valence-corrected chi connectivity index (χ2v) is 3.93. The minimum absolute atomic E-state index is 0.188. The number of urea groups is 1. The van der Waals surface area contributed by atoms with E-state index in [0.717, 1.165) is 5.56 Å². The molecule has 1 aromatic carbocycles. The maximum absolute atomic E-state index is 11.5. The SMILES string of the molecule is CCNC(=O)C(C)NC(=O)NCc1ccccc1. The van der Waals surface area contributed by atoms with Crippen molar-refractivity contribution in [1.29, 1.82) is 0 Å². The quantitative estimate of drug-likeness (QED) is 0.729. The molecule has 0 radical (unpaired) electrons. The summed E-state index contributed by atoms with van der Waals surface area (Å²) >= 11 is 0. The predicted octanol–water partition coefficient (Wildman–Crippen LogP) is 1.01. The molecule has 1 aromatic rings. The average Bonchev–Trinajstić information content (AvgIpc) is 2.38. The van der Waals surface area contributed by atoms with Gasteiger partial charge in [-0.3, -0.25) is 4.79 Å². The molecule has 0 spiro atoms. The topological polar surface area (TPSA) is 70.2 Å². The third-order valence-electron chi connectivity index (χ3n) is 2.39. The van der Waals surface area contributed by atoms with Gasteiger partial charge in [0, 0.05) is 13.1 Å². The van der Waals surface area contributed by atoms with E-state index >= 15 is 0 Å². The molecule has 0 fully saturated rings. The van der Waals surface area contributed by atoms with Gasteiger partial charge in [0.25, 0.3) is 0 Å². The van der Waals surface area contributed by atoms with Crippen molar-refractivity contribution < 1.29 is 9.59 Å². The highest BCUT2D eigenvalue weighted by Crippen LogP contribution is 1.96. The Morgan fingerprint density at radius 3 is 2.44 bits per heavy atom. The molecule has 0 saturated heterocycles. The number of rotatable bonds is 5. The normalized spacial score (nSPS) is 11.4. The zero-order valence-electron chi connectivity index (χ0n) is 10.7. The number of carbonyl (C=O) groups excluding carboxylic acids is 2. The molecule has 0 bridgehead atoms.